The molecule has 6 rings (SSSR count). The van der Waals surface area contributed by atoms with Crippen LogP contribution in [-0.4, -0.2) is 38.7 Å². The molecular formula is C11H16N4O3. The minimum atomic E-state index is -0.336. The fraction of sp³-hybridized carbons (Fsp3) is 1.00. The van der Waals surface area contributed by atoms with Crippen LogP contribution in [0.2, 0.25) is 0 Å². The molecule has 7 heteroatoms. The second-order valence-electron chi connectivity index (χ2n) is 6.24. The molecule has 2 fully saturated rings. The first-order valence-corrected chi connectivity index (χ1v) is 6.65. The summed E-state index contributed by atoms with van der Waals surface area (Å²) in [5, 5.41) is 40.0. The Labute approximate surface area is 104 Å². The molecule has 6 aliphatic rings. The summed E-state index contributed by atoms with van der Waals surface area (Å²) in [6, 6.07) is -0.951. The molecule has 2 aliphatic carbocycles. The second kappa shape index (κ2) is 2.95. The van der Waals surface area contributed by atoms with Crippen LogP contribution >= 0.6 is 0 Å². The third-order valence-corrected chi connectivity index (χ3v) is 5.74. The molecule has 0 amide bonds. The number of hydrogen-bond donors (Lipinski definition) is 0. The van der Waals surface area contributed by atoms with Gasteiger partial charge >= 0.3 is 0 Å². The Balaban J connectivity index is 1.92. The summed E-state index contributed by atoms with van der Waals surface area (Å²) in [7, 11) is 0. The summed E-state index contributed by atoms with van der Waals surface area (Å²) in [5.41, 5.74) is -0.296. The van der Waals surface area contributed by atoms with Crippen LogP contribution in [0.25, 0.3) is 0 Å². The highest BCUT2D eigenvalue weighted by molar-refractivity contribution is 5.10. The van der Waals surface area contributed by atoms with E-state index >= 15 is 0 Å². The normalized spacial score (nSPS) is 53.4. The van der Waals surface area contributed by atoms with E-state index in [4.69, 9.17) is 0 Å². The van der Waals surface area contributed by atoms with Gasteiger partial charge in [-0.2, -0.15) is 0 Å². The highest BCUT2D eigenvalue weighted by atomic mass is 16.6. The van der Waals surface area contributed by atoms with Crippen molar-refractivity contribution in [3.05, 3.63) is 15.6 Å². The Morgan fingerprint density at radius 2 is 1.72 bits per heavy atom. The quantitative estimate of drug-likeness (QED) is 0.478. The zero-order valence-electron chi connectivity index (χ0n) is 10.2. The number of rotatable bonds is 0. The smallest absolute Gasteiger partial charge is 0.239 e. The average Bonchev–Trinajstić information content (AvgIpc) is 2.35. The zero-order chi connectivity index (χ0) is 12.7. The Morgan fingerprint density at radius 3 is 2.44 bits per heavy atom. The van der Waals surface area contributed by atoms with E-state index in [1.807, 2.05) is 0 Å². The van der Waals surface area contributed by atoms with Gasteiger partial charge in [0, 0.05) is 29.0 Å². The van der Waals surface area contributed by atoms with Crippen LogP contribution in [0.1, 0.15) is 32.6 Å². The highest BCUT2D eigenvalue weighted by Crippen LogP contribution is 2.57. The first kappa shape index (κ1) is 10.5. The molecule has 3 unspecified atom stereocenters. The van der Waals surface area contributed by atoms with Crippen molar-refractivity contribution in [2.75, 3.05) is 0 Å². The summed E-state index contributed by atoms with van der Waals surface area (Å²) in [5.74, 6) is -0.00676. The average molecular weight is 252 g/mol. The van der Waals surface area contributed by atoms with Crippen LogP contribution in [0, 0.1) is 27.0 Å². The van der Waals surface area contributed by atoms with Gasteiger partial charge in [0.25, 0.3) is 0 Å². The van der Waals surface area contributed by atoms with Crippen LogP contribution in [-0.2, 0) is 0 Å². The monoisotopic (exact) mass is 252 g/mol. The summed E-state index contributed by atoms with van der Waals surface area (Å²) < 4.78 is 0. The maximum Gasteiger partial charge on any atom is 0.239 e. The van der Waals surface area contributed by atoms with Crippen molar-refractivity contribution < 1.29 is 14.6 Å². The molecule has 0 aromatic carbocycles. The lowest BCUT2D eigenvalue weighted by Gasteiger charge is -2.54. The van der Waals surface area contributed by atoms with Gasteiger partial charge in [-0.15, -0.1) is 0 Å². The van der Waals surface area contributed by atoms with Gasteiger partial charge < -0.3 is 15.6 Å². The third kappa shape index (κ3) is 0.906. The molecule has 0 aromatic rings. The molecule has 0 N–H and O–H groups in total. The highest BCUT2D eigenvalue weighted by Gasteiger charge is 2.74. The number of azo groups is 2. The number of hydroxylamine groups is 3. The van der Waals surface area contributed by atoms with Gasteiger partial charge in [0.05, 0.1) is 5.41 Å². The lowest BCUT2D eigenvalue weighted by Crippen LogP contribution is -2.72. The van der Waals surface area contributed by atoms with Crippen LogP contribution in [0.3, 0.4) is 0 Å². The lowest BCUT2D eigenvalue weighted by atomic mass is 9.51. The van der Waals surface area contributed by atoms with Crippen molar-refractivity contribution in [2.45, 2.75) is 56.8 Å². The predicted octanol–water partition coefficient (Wildman–Crippen LogP) is 1.13. The van der Waals surface area contributed by atoms with Crippen molar-refractivity contribution in [3.63, 3.8) is 0 Å². The maximum absolute atomic E-state index is 12.0. The molecule has 4 aliphatic heterocycles. The van der Waals surface area contributed by atoms with Crippen molar-refractivity contribution >= 4 is 0 Å². The fourth-order valence-corrected chi connectivity index (χ4v) is 4.92. The van der Waals surface area contributed by atoms with E-state index in [0.717, 1.165) is 30.5 Å². The molecule has 4 bridgehead atoms. The molecule has 7 nitrogen and oxygen atoms in total. The predicted molar refractivity (Wildman–Crippen MR) is 58.5 cm³/mol. The Kier molecular flexibility index (Phi) is 1.72. The van der Waals surface area contributed by atoms with Gasteiger partial charge in [0.15, 0.2) is 6.04 Å². The van der Waals surface area contributed by atoms with E-state index in [9.17, 15) is 15.6 Å². The summed E-state index contributed by atoms with van der Waals surface area (Å²) in [6.07, 6.45) is 3.14. The summed E-state index contributed by atoms with van der Waals surface area (Å²) >= 11 is 0. The van der Waals surface area contributed by atoms with Gasteiger partial charge in [0.2, 0.25) is 12.1 Å². The first-order chi connectivity index (χ1) is 8.55. The Hall–Kier alpha value is -1.40. The van der Waals surface area contributed by atoms with E-state index in [0.29, 0.717) is 9.72 Å². The fourth-order valence-electron chi connectivity index (χ4n) is 4.92. The van der Waals surface area contributed by atoms with Crippen LogP contribution in [0.4, 0.5) is 0 Å². The minimum absolute atomic E-state index is 0.00676. The van der Waals surface area contributed by atoms with Gasteiger partial charge in [0.1, 0.15) is 12.0 Å². The Bertz CT molecular complexity index is 491. The van der Waals surface area contributed by atoms with Crippen LogP contribution < -0.4 is 0 Å². The van der Waals surface area contributed by atoms with E-state index in [2.05, 4.69) is 12.0 Å². The van der Waals surface area contributed by atoms with Gasteiger partial charge in [-0.3, -0.25) is 0 Å². The topological polar surface area (TPSA) is 90.6 Å². The molecule has 0 saturated heterocycles. The summed E-state index contributed by atoms with van der Waals surface area (Å²) in [6.45, 7) is 2.06. The van der Waals surface area contributed by atoms with Crippen molar-refractivity contribution in [3.8, 4) is 0 Å². The molecule has 18 heavy (non-hydrogen) atoms. The van der Waals surface area contributed by atoms with Crippen LogP contribution in [0.5, 0.6) is 0 Å². The van der Waals surface area contributed by atoms with E-state index < -0.39 is 0 Å². The van der Waals surface area contributed by atoms with Crippen molar-refractivity contribution in [1.29, 1.82) is 0 Å². The zero-order valence-corrected chi connectivity index (χ0v) is 10.2. The number of hydrogen-bond acceptors (Lipinski definition) is 4. The van der Waals surface area contributed by atoms with Crippen LogP contribution in [0.15, 0.2) is 5.11 Å². The third-order valence-electron chi connectivity index (χ3n) is 5.74. The van der Waals surface area contributed by atoms with E-state index in [-0.39, 0.29) is 35.5 Å². The molecular weight excluding hydrogens is 236 g/mol. The molecule has 2 saturated carbocycles. The maximum atomic E-state index is 12.0. The molecule has 0 spiro atoms. The number of nitrogens with zero attached hydrogens (tertiary/aromatic N) is 4. The summed E-state index contributed by atoms with van der Waals surface area (Å²) in [4.78, 5) is 2.00. The minimum Gasteiger partial charge on any atom is -0.600 e. The Morgan fingerprint density at radius 1 is 1.00 bits per heavy atom. The standard InChI is InChI=1S/C11H16N4O3/c1-11-8-4-2-6(13(16)12-8)10(11)7-3-5-9(11)15(18)14(7)17/h6-10H,2-5H2,1H3/t6?,7?,8-,9+,10?,11+/m0/s1. The molecule has 0 radical (unpaired) electrons. The molecule has 6 atom stereocenters. The van der Waals surface area contributed by atoms with Crippen molar-refractivity contribution in [1.82, 2.24) is 0 Å². The van der Waals surface area contributed by atoms with Gasteiger partial charge in [-0.1, -0.05) is 4.86 Å². The molecule has 0 aromatic heterocycles. The van der Waals surface area contributed by atoms with Crippen molar-refractivity contribution in [2.24, 2.45) is 16.4 Å². The number of fused-ring (bicyclic) bond motifs is 2. The van der Waals surface area contributed by atoms with E-state index in [1.54, 1.807) is 0 Å². The van der Waals surface area contributed by atoms with Gasteiger partial charge in [-0.05, 0) is 18.5 Å². The van der Waals surface area contributed by atoms with Gasteiger partial charge in [-0.25, -0.2) is 0 Å². The largest absolute Gasteiger partial charge is 0.600 e. The molecule has 4 heterocycles. The molecule has 98 valence electrons. The SMILES string of the molecule is C[C@@]12C(C3CC[C@@H]1N=[N+]3[O-])C1CC[C@H]2[N+]([O-])=[N+]1[O-]. The first-order valence-electron chi connectivity index (χ1n) is 6.65. The lowest BCUT2D eigenvalue weighted by molar-refractivity contribution is -1.03. The van der Waals surface area contributed by atoms with E-state index in [1.165, 1.54) is 0 Å². The second-order valence-corrected chi connectivity index (χ2v) is 6.24.